The van der Waals surface area contributed by atoms with Gasteiger partial charge in [0, 0.05) is 25.2 Å². The average molecular weight is 162 g/mol. The van der Waals surface area contributed by atoms with Crippen LogP contribution < -0.4 is 0 Å². The minimum atomic E-state index is 0.287. The normalized spacial score (nSPS) is 40.5. The molecule has 0 saturated carbocycles. The zero-order chi connectivity index (χ0) is 7.56. The molecule has 0 aromatic rings. The lowest BCUT2D eigenvalue weighted by Gasteiger charge is -2.18. The minimum Gasteiger partial charge on any atom is -0.378 e. The monoisotopic (exact) mass is 162 g/mol. The van der Waals surface area contributed by atoms with Gasteiger partial charge in [-0.3, -0.25) is 0 Å². The molecule has 0 N–H and O–H groups in total. The molecule has 1 aliphatic rings. The molecule has 0 bridgehead atoms. The van der Waals surface area contributed by atoms with E-state index in [1.807, 2.05) is 11.8 Å². The Morgan fingerprint density at radius 3 is 2.40 bits per heavy atom. The van der Waals surface area contributed by atoms with Gasteiger partial charge in [-0.1, -0.05) is 6.92 Å². The molecule has 0 spiro atoms. The van der Waals surface area contributed by atoms with Crippen LogP contribution in [0.2, 0.25) is 0 Å². The summed E-state index contributed by atoms with van der Waals surface area (Å²) < 4.78 is 10.5. The molecule has 0 aliphatic carbocycles. The highest BCUT2D eigenvalue weighted by Crippen LogP contribution is 2.30. The van der Waals surface area contributed by atoms with Crippen LogP contribution in [0.15, 0.2) is 0 Å². The lowest BCUT2D eigenvalue weighted by molar-refractivity contribution is -0.0148. The Morgan fingerprint density at radius 1 is 1.30 bits per heavy atom. The van der Waals surface area contributed by atoms with Crippen molar-refractivity contribution in [1.29, 1.82) is 0 Å². The van der Waals surface area contributed by atoms with Gasteiger partial charge in [0.05, 0.1) is 12.2 Å². The van der Waals surface area contributed by atoms with Gasteiger partial charge >= 0.3 is 0 Å². The molecule has 3 heteroatoms. The average Bonchev–Trinajstić information content (AvgIpc) is 2.30. The molecule has 1 saturated heterocycles. The molecule has 1 heterocycles. The number of methoxy groups -OCH3 is 2. The van der Waals surface area contributed by atoms with Crippen LogP contribution in [-0.2, 0) is 9.47 Å². The van der Waals surface area contributed by atoms with E-state index in [-0.39, 0.29) is 6.10 Å². The van der Waals surface area contributed by atoms with E-state index < -0.39 is 0 Å². The van der Waals surface area contributed by atoms with Crippen molar-refractivity contribution in [3.63, 3.8) is 0 Å². The second-order valence-corrected chi connectivity index (χ2v) is 3.92. The molecule has 3 unspecified atom stereocenters. The minimum absolute atomic E-state index is 0.287. The maximum atomic E-state index is 5.28. The third-order valence-electron chi connectivity index (χ3n) is 1.93. The molecule has 60 valence electrons. The highest BCUT2D eigenvalue weighted by atomic mass is 32.2. The summed E-state index contributed by atoms with van der Waals surface area (Å²) in [5.74, 6) is 1.07. The van der Waals surface area contributed by atoms with E-state index in [9.17, 15) is 0 Å². The van der Waals surface area contributed by atoms with Gasteiger partial charge in [0.25, 0.3) is 0 Å². The molecular formula is C7H14O2S. The van der Waals surface area contributed by atoms with Crippen molar-refractivity contribution in [2.75, 3.05) is 20.0 Å². The lowest BCUT2D eigenvalue weighted by Crippen LogP contribution is -2.31. The van der Waals surface area contributed by atoms with Crippen molar-refractivity contribution in [2.45, 2.75) is 24.4 Å². The van der Waals surface area contributed by atoms with E-state index >= 15 is 0 Å². The fraction of sp³-hybridized carbons (Fsp3) is 1.00. The Bertz CT molecular complexity index is 108. The predicted octanol–water partition coefficient (Wildman–Crippen LogP) is 1.15. The number of rotatable bonds is 2. The molecule has 1 rings (SSSR count). The zero-order valence-corrected chi connectivity index (χ0v) is 7.48. The van der Waals surface area contributed by atoms with Crippen molar-refractivity contribution in [2.24, 2.45) is 0 Å². The number of thioether (sulfide) groups is 1. The van der Waals surface area contributed by atoms with Crippen LogP contribution in [0.3, 0.4) is 0 Å². The van der Waals surface area contributed by atoms with Gasteiger partial charge in [-0.2, -0.15) is 11.8 Å². The zero-order valence-electron chi connectivity index (χ0n) is 6.66. The number of ether oxygens (including phenoxy) is 2. The first-order valence-electron chi connectivity index (χ1n) is 3.46. The van der Waals surface area contributed by atoms with Crippen LogP contribution in [0.1, 0.15) is 6.92 Å². The molecule has 2 nitrogen and oxygen atoms in total. The Hall–Kier alpha value is 0.270. The molecule has 1 aliphatic heterocycles. The fourth-order valence-corrected chi connectivity index (χ4v) is 2.58. The number of hydrogen-bond donors (Lipinski definition) is 0. The van der Waals surface area contributed by atoms with Crippen molar-refractivity contribution >= 4 is 11.8 Å². The first kappa shape index (κ1) is 8.37. The Morgan fingerprint density at radius 2 is 2.00 bits per heavy atom. The van der Waals surface area contributed by atoms with E-state index in [4.69, 9.17) is 9.47 Å². The molecule has 0 amide bonds. The molecule has 0 aromatic carbocycles. The highest BCUT2D eigenvalue weighted by Gasteiger charge is 2.33. The van der Waals surface area contributed by atoms with Crippen LogP contribution in [0.5, 0.6) is 0 Å². The molecule has 0 radical (unpaired) electrons. The first-order valence-corrected chi connectivity index (χ1v) is 4.51. The van der Waals surface area contributed by atoms with Crippen LogP contribution in [0, 0.1) is 0 Å². The van der Waals surface area contributed by atoms with Crippen molar-refractivity contribution < 1.29 is 9.47 Å². The van der Waals surface area contributed by atoms with E-state index in [2.05, 4.69) is 6.92 Å². The summed E-state index contributed by atoms with van der Waals surface area (Å²) in [4.78, 5) is 0. The second-order valence-electron chi connectivity index (χ2n) is 2.51. The van der Waals surface area contributed by atoms with Gasteiger partial charge in [-0.15, -0.1) is 0 Å². The van der Waals surface area contributed by atoms with Gasteiger partial charge in [0.1, 0.15) is 0 Å². The van der Waals surface area contributed by atoms with Gasteiger partial charge in [-0.25, -0.2) is 0 Å². The van der Waals surface area contributed by atoms with Crippen molar-refractivity contribution in [3.8, 4) is 0 Å². The Labute approximate surface area is 66.3 Å². The maximum Gasteiger partial charge on any atom is 0.0956 e. The standard InChI is InChI=1S/C7H14O2S/c1-5-7(9-3)6(8-2)4-10-5/h5-7H,4H2,1-3H3. The summed E-state index contributed by atoms with van der Waals surface area (Å²) >= 11 is 1.91. The molecular weight excluding hydrogens is 148 g/mol. The van der Waals surface area contributed by atoms with Crippen LogP contribution >= 0.6 is 11.8 Å². The topological polar surface area (TPSA) is 18.5 Å². The summed E-state index contributed by atoms with van der Waals surface area (Å²) in [6, 6.07) is 0. The maximum absolute atomic E-state index is 5.28. The fourth-order valence-electron chi connectivity index (χ4n) is 1.28. The summed E-state index contributed by atoms with van der Waals surface area (Å²) in [6.45, 7) is 2.18. The third kappa shape index (κ3) is 1.47. The van der Waals surface area contributed by atoms with Gasteiger partial charge in [-0.05, 0) is 0 Å². The SMILES string of the molecule is COC1CSC(C)C1OC. The van der Waals surface area contributed by atoms with Crippen LogP contribution in [-0.4, -0.2) is 37.4 Å². The molecule has 0 aromatic heterocycles. The van der Waals surface area contributed by atoms with E-state index in [1.54, 1.807) is 14.2 Å². The largest absolute Gasteiger partial charge is 0.378 e. The van der Waals surface area contributed by atoms with Gasteiger partial charge in [0.15, 0.2) is 0 Å². The van der Waals surface area contributed by atoms with E-state index in [0.29, 0.717) is 11.4 Å². The highest BCUT2D eigenvalue weighted by molar-refractivity contribution is 8.00. The summed E-state index contributed by atoms with van der Waals surface area (Å²) in [6.07, 6.45) is 0.583. The smallest absolute Gasteiger partial charge is 0.0956 e. The van der Waals surface area contributed by atoms with Gasteiger partial charge < -0.3 is 9.47 Å². The molecule has 3 atom stereocenters. The Balaban J connectivity index is 2.45. The van der Waals surface area contributed by atoms with E-state index in [1.165, 1.54) is 0 Å². The van der Waals surface area contributed by atoms with E-state index in [0.717, 1.165) is 5.75 Å². The first-order chi connectivity index (χ1) is 4.79. The second kappa shape index (κ2) is 3.60. The summed E-state index contributed by atoms with van der Waals surface area (Å²) in [7, 11) is 3.49. The molecule has 1 fully saturated rings. The molecule has 10 heavy (non-hydrogen) atoms. The predicted molar refractivity (Wildman–Crippen MR) is 43.5 cm³/mol. The number of hydrogen-bond acceptors (Lipinski definition) is 3. The van der Waals surface area contributed by atoms with Crippen LogP contribution in [0.25, 0.3) is 0 Å². The quantitative estimate of drug-likeness (QED) is 0.607. The van der Waals surface area contributed by atoms with Crippen molar-refractivity contribution in [3.05, 3.63) is 0 Å². The Kier molecular flexibility index (Phi) is 3.01. The van der Waals surface area contributed by atoms with Crippen LogP contribution in [0.4, 0.5) is 0 Å². The summed E-state index contributed by atoms with van der Waals surface area (Å²) in [5, 5.41) is 0.579. The lowest BCUT2D eigenvalue weighted by atomic mass is 10.2. The van der Waals surface area contributed by atoms with Gasteiger partial charge in [0.2, 0.25) is 0 Å². The summed E-state index contributed by atoms with van der Waals surface area (Å²) in [5.41, 5.74) is 0. The van der Waals surface area contributed by atoms with Crippen molar-refractivity contribution in [1.82, 2.24) is 0 Å². The third-order valence-corrected chi connectivity index (χ3v) is 3.24.